The van der Waals surface area contributed by atoms with Crippen molar-refractivity contribution in [2.24, 2.45) is 0 Å². The smallest absolute Gasteiger partial charge is 0.248 e. The number of para-hydroxylation sites is 1. The molecule has 10 heteroatoms. The summed E-state index contributed by atoms with van der Waals surface area (Å²) in [5.74, 6) is -0.524. The second kappa shape index (κ2) is 12.3. The second-order valence-corrected chi connectivity index (χ2v) is 10.1. The Labute approximate surface area is 226 Å². The van der Waals surface area contributed by atoms with Crippen LogP contribution in [0.15, 0.2) is 59.1 Å². The monoisotopic (exact) mass is 544 g/mol. The molecule has 0 unspecified atom stereocenters. The quantitative estimate of drug-likeness (QED) is 0.321. The Kier molecular flexibility index (Phi) is 9.34. The first-order valence-electron chi connectivity index (χ1n) is 11.9. The molecule has 0 spiro atoms. The Bertz CT molecular complexity index is 1270. The Morgan fingerprint density at radius 2 is 1.68 bits per heavy atom. The van der Waals surface area contributed by atoms with E-state index in [0.717, 1.165) is 0 Å². The van der Waals surface area contributed by atoms with Gasteiger partial charge in [-0.15, -0.1) is 0 Å². The molecule has 37 heavy (non-hydrogen) atoms. The lowest BCUT2D eigenvalue weighted by Gasteiger charge is -2.35. The summed E-state index contributed by atoms with van der Waals surface area (Å²) in [5.41, 5.74) is 0.224. The summed E-state index contributed by atoms with van der Waals surface area (Å²) < 4.78 is 4.96. The van der Waals surface area contributed by atoms with Gasteiger partial charge in [-0.2, -0.15) is 0 Å². The molecule has 0 radical (unpaired) electrons. The normalized spacial score (nSPS) is 12.1. The minimum atomic E-state index is -1.13. The number of anilines is 2. The number of benzene rings is 2. The molecule has 3 rings (SSSR count). The van der Waals surface area contributed by atoms with Gasteiger partial charge in [-0.1, -0.05) is 65.6 Å². The van der Waals surface area contributed by atoms with Crippen LogP contribution < -0.4 is 15.5 Å². The summed E-state index contributed by atoms with van der Waals surface area (Å²) in [4.78, 5) is 41.4. The molecule has 0 saturated carbocycles. The summed E-state index contributed by atoms with van der Waals surface area (Å²) in [6.07, 6.45) is 0.317. The molecule has 3 amide bonds. The van der Waals surface area contributed by atoms with Gasteiger partial charge in [0.2, 0.25) is 17.7 Å². The summed E-state index contributed by atoms with van der Waals surface area (Å²) in [7, 11) is 0. The van der Waals surface area contributed by atoms with Gasteiger partial charge in [0.25, 0.3) is 0 Å². The number of hydrogen-bond donors (Lipinski definition) is 2. The molecule has 196 valence electrons. The van der Waals surface area contributed by atoms with E-state index < -0.39 is 29.3 Å². The molecule has 0 saturated heterocycles. The number of carbonyl (C=O) groups is 3. The number of rotatable bonds is 10. The average molecular weight is 545 g/mol. The summed E-state index contributed by atoms with van der Waals surface area (Å²) in [6.45, 7) is 7.45. The van der Waals surface area contributed by atoms with Crippen LogP contribution in [0.25, 0.3) is 0 Å². The predicted molar refractivity (Wildman–Crippen MR) is 145 cm³/mol. The van der Waals surface area contributed by atoms with Gasteiger partial charge < -0.3 is 15.2 Å². The molecule has 0 aliphatic heterocycles. The van der Waals surface area contributed by atoms with E-state index in [9.17, 15) is 14.4 Å². The highest BCUT2D eigenvalue weighted by Gasteiger charge is 2.36. The third-order valence-electron chi connectivity index (χ3n) is 5.89. The summed E-state index contributed by atoms with van der Waals surface area (Å²) in [5, 5.41) is 9.95. The van der Waals surface area contributed by atoms with E-state index >= 15 is 0 Å². The fourth-order valence-electron chi connectivity index (χ4n) is 3.62. The lowest BCUT2D eigenvalue weighted by molar-refractivity contribution is -0.128. The van der Waals surface area contributed by atoms with Gasteiger partial charge >= 0.3 is 0 Å². The van der Waals surface area contributed by atoms with Crippen molar-refractivity contribution in [1.29, 1.82) is 0 Å². The van der Waals surface area contributed by atoms with Crippen molar-refractivity contribution < 1.29 is 18.9 Å². The first-order chi connectivity index (χ1) is 17.5. The summed E-state index contributed by atoms with van der Waals surface area (Å²) in [6, 6.07) is 14.0. The van der Waals surface area contributed by atoms with Crippen molar-refractivity contribution in [3.05, 3.63) is 76.0 Å². The standard InChI is InChI=1S/C27H30Cl2N4O4/c1-5-27(3,4)31-26(36)25(18-10-6-7-11-19(18)28)33(21-13-9-8-12-20(21)29)24(35)15-14-23(34)30-22-16-17(2)37-32-22/h6-13,16,25H,5,14-15H2,1-4H3,(H,31,36)(H,30,32,34)/t25-/m1/s1. The fraction of sp³-hybridized carbons (Fsp3) is 0.333. The highest BCUT2D eigenvalue weighted by molar-refractivity contribution is 6.34. The molecule has 0 bridgehead atoms. The maximum atomic E-state index is 13.8. The van der Waals surface area contributed by atoms with Gasteiger partial charge in [-0.3, -0.25) is 19.3 Å². The maximum absolute atomic E-state index is 13.8. The Morgan fingerprint density at radius 1 is 1.03 bits per heavy atom. The fourth-order valence-corrected chi connectivity index (χ4v) is 4.09. The van der Waals surface area contributed by atoms with Crippen LogP contribution in [-0.4, -0.2) is 28.4 Å². The number of aromatic nitrogens is 1. The van der Waals surface area contributed by atoms with Crippen LogP contribution in [0.1, 0.15) is 57.4 Å². The number of aryl methyl sites for hydroxylation is 1. The number of nitrogens with zero attached hydrogens (tertiary/aromatic N) is 2. The minimum Gasteiger partial charge on any atom is -0.360 e. The third kappa shape index (κ3) is 7.33. The first-order valence-corrected chi connectivity index (χ1v) is 12.6. The van der Waals surface area contributed by atoms with E-state index in [0.29, 0.717) is 28.5 Å². The molecule has 1 atom stereocenters. The van der Waals surface area contributed by atoms with E-state index in [4.69, 9.17) is 27.7 Å². The molecule has 2 N–H and O–H groups in total. The molecule has 3 aromatic rings. The second-order valence-electron chi connectivity index (χ2n) is 9.24. The SMILES string of the molecule is CCC(C)(C)NC(=O)[C@@H](c1ccccc1Cl)N(C(=O)CCC(=O)Nc1cc(C)on1)c1ccccc1Cl. The molecule has 0 fully saturated rings. The summed E-state index contributed by atoms with van der Waals surface area (Å²) >= 11 is 13.0. The first kappa shape index (κ1) is 28.2. The van der Waals surface area contributed by atoms with Gasteiger partial charge in [0.1, 0.15) is 11.8 Å². The van der Waals surface area contributed by atoms with Gasteiger partial charge in [-0.05, 0) is 45.4 Å². The molecule has 8 nitrogen and oxygen atoms in total. The van der Waals surface area contributed by atoms with Crippen LogP contribution in [0, 0.1) is 6.92 Å². The van der Waals surface area contributed by atoms with E-state index in [1.54, 1.807) is 61.5 Å². The van der Waals surface area contributed by atoms with Crippen LogP contribution in [0.5, 0.6) is 0 Å². The average Bonchev–Trinajstić information content (AvgIpc) is 3.26. The van der Waals surface area contributed by atoms with Gasteiger partial charge in [0.15, 0.2) is 5.82 Å². The van der Waals surface area contributed by atoms with Gasteiger partial charge in [0, 0.05) is 35.0 Å². The number of nitrogens with one attached hydrogen (secondary N) is 2. The lowest BCUT2D eigenvalue weighted by atomic mass is 9.98. The molecular weight excluding hydrogens is 515 g/mol. The zero-order valence-electron chi connectivity index (χ0n) is 21.2. The van der Waals surface area contributed by atoms with Crippen molar-refractivity contribution in [2.45, 2.75) is 58.5 Å². The lowest BCUT2D eigenvalue weighted by Crippen LogP contribution is -2.50. The molecule has 0 aliphatic carbocycles. The number of halogens is 2. The number of hydrogen-bond acceptors (Lipinski definition) is 5. The van der Waals surface area contributed by atoms with Crippen LogP contribution in [0.2, 0.25) is 10.0 Å². The van der Waals surface area contributed by atoms with Crippen molar-refractivity contribution in [3.8, 4) is 0 Å². The molecular formula is C27H30Cl2N4O4. The van der Waals surface area contributed by atoms with Crippen molar-refractivity contribution in [1.82, 2.24) is 10.5 Å². The van der Waals surface area contributed by atoms with E-state index in [1.807, 2.05) is 20.8 Å². The van der Waals surface area contributed by atoms with Crippen molar-refractivity contribution in [2.75, 3.05) is 10.2 Å². The van der Waals surface area contributed by atoms with Crippen LogP contribution in [0.4, 0.5) is 11.5 Å². The molecule has 2 aromatic carbocycles. The maximum Gasteiger partial charge on any atom is 0.248 e. The van der Waals surface area contributed by atoms with E-state index in [1.165, 1.54) is 4.90 Å². The van der Waals surface area contributed by atoms with Crippen LogP contribution >= 0.6 is 23.2 Å². The van der Waals surface area contributed by atoms with E-state index in [2.05, 4.69) is 15.8 Å². The zero-order valence-corrected chi connectivity index (χ0v) is 22.7. The Morgan fingerprint density at radius 3 is 2.27 bits per heavy atom. The Hall–Kier alpha value is -3.36. The van der Waals surface area contributed by atoms with Crippen molar-refractivity contribution >= 4 is 52.4 Å². The number of amides is 3. The molecule has 0 aliphatic rings. The van der Waals surface area contributed by atoms with Gasteiger partial charge in [0.05, 0.1) is 10.7 Å². The highest BCUT2D eigenvalue weighted by atomic mass is 35.5. The Balaban J connectivity index is 1.99. The largest absolute Gasteiger partial charge is 0.360 e. The molecule has 1 aromatic heterocycles. The van der Waals surface area contributed by atoms with E-state index in [-0.39, 0.29) is 23.7 Å². The topological polar surface area (TPSA) is 105 Å². The van der Waals surface area contributed by atoms with Gasteiger partial charge in [-0.25, -0.2) is 0 Å². The third-order valence-corrected chi connectivity index (χ3v) is 6.56. The zero-order chi connectivity index (χ0) is 27.2. The highest BCUT2D eigenvalue weighted by Crippen LogP contribution is 2.36. The molecule has 1 heterocycles. The van der Waals surface area contributed by atoms with Crippen LogP contribution in [-0.2, 0) is 14.4 Å². The minimum absolute atomic E-state index is 0.150. The number of carbonyl (C=O) groups excluding carboxylic acids is 3. The van der Waals surface area contributed by atoms with Crippen molar-refractivity contribution in [3.63, 3.8) is 0 Å². The van der Waals surface area contributed by atoms with Crippen LogP contribution in [0.3, 0.4) is 0 Å². The predicted octanol–water partition coefficient (Wildman–Crippen LogP) is 6.09.